The Bertz CT molecular complexity index is 456. The number of carbonyl (C=O) groups is 1. The second-order valence-electron chi connectivity index (χ2n) is 6.11. The van der Waals surface area contributed by atoms with Crippen LogP contribution < -0.4 is 10.6 Å². The molecule has 1 fully saturated rings. The third-order valence-electron chi connectivity index (χ3n) is 4.31. The average Bonchev–Trinajstić information content (AvgIpc) is 2.47. The minimum atomic E-state index is -1.02. The highest BCUT2D eigenvalue weighted by Crippen LogP contribution is 2.27. The molecule has 0 radical (unpaired) electrons. The Morgan fingerprint density at radius 3 is 2.71 bits per heavy atom. The largest absolute Gasteiger partial charge is 0.465 e. The summed E-state index contributed by atoms with van der Waals surface area (Å²) in [5.41, 5.74) is 1.66. The van der Waals surface area contributed by atoms with Gasteiger partial charge < -0.3 is 10.4 Å². The molecule has 1 saturated carbocycles. The molecule has 1 aliphatic carbocycles. The van der Waals surface area contributed by atoms with Gasteiger partial charge in [-0.1, -0.05) is 50.3 Å². The molecule has 1 aromatic carbocycles. The fraction of sp³-hybridized carbons (Fsp3) is 0.588. The van der Waals surface area contributed by atoms with Crippen molar-refractivity contribution in [2.45, 2.75) is 58.0 Å². The minimum absolute atomic E-state index is 0.464. The highest BCUT2D eigenvalue weighted by Gasteiger charge is 2.16. The minimum Gasteiger partial charge on any atom is -0.465 e. The number of benzene rings is 1. The summed E-state index contributed by atoms with van der Waals surface area (Å²) >= 11 is 0. The predicted octanol–water partition coefficient (Wildman–Crippen LogP) is 4.23. The smallest absolute Gasteiger partial charge is 0.409 e. The van der Waals surface area contributed by atoms with Crippen LogP contribution in [0.1, 0.15) is 51.0 Å². The van der Waals surface area contributed by atoms with Crippen LogP contribution >= 0.6 is 0 Å². The molecule has 1 atom stereocenters. The standard InChI is InChI=1S/C17H26N2O2/c1-13(11-14-7-3-2-4-8-14)18-12-15-9-5-6-10-16(15)19-17(20)21/h5-6,9-10,13-14,18-19H,2-4,7-8,11-12H2,1H3,(H,20,21). The molecule has 3 N–H and O–H groups in total. The maximum Gasteiger partial charge on any atom is 0.409 e. The van der Waals surface area contributed by atoms with Crippen LogP contribution in [0.15, 0.2) is 24.3 Å². The highest BCUT2D eigenvalue weighted by atomic mass is 16.4. The van der Waals surface area contributed by atoms with Crippen LogP contribution in [0, 0.1) is 5.92 Å². The van der Waals surface area contributed by atoms with Crippen LogP contribution in [-0.4, -0.2) is 17.2 Å². The van der Waals surface area contributed by atoms with Crippen molar-refractivity contribution in [3.8, 4) is 0 Å². The van der Waals surface area contributed by atoms with Crippen LogP contribution in [0.25, 0.3) is 0 Å². The normalized spacial score (nSPS) is 17.4. The second-order valence-corrected chi connectivity index (χ2v) is 6.11. The number of rotatable bonds is 6. The van der Waals surface area contributed by atoms with E-state index in [0.717, 1.165) is 11.5 Å². The molecule has 1 aliphatic rings. The summed E-state index contributed by atoms with van der Waals surface area (Å²) in [5, 5.41) is 14.8. The first-order chi connectivity index (χ1) is 10.1. The van der Waals surface area contributed by atoms with Crippen LogP contribution in [0.2, 0.25) is 0 Å². The Labute approximate surface area is 126 Å². The van der Waals surface area contributed by atoms with Crippen molar-refractivity contribution in [2.24, 2.45) is 5.92 Å². The van der Waals surface area contributed by atoms with Crippen LogP contribution in [0.4, 0.5) is 10.5 Å². The van der Waals surface area contributed by atoms with E-state index in [1.54, 1.807) is 6.07 Å². The molecule has 0 aromatic heterocycles. The first-order valence-corrected chi connectivity index (χ1v) is 7.96. The first kappa shape index (κ1) is 15.8. The highest BCUT2D eigenvalue weighted by molar-refractivity contribution is 5.83. The summed E-state index contributed by atoms with van der Waals surface area (Å²) in [4.78, 5) is 10.8. The fourth-order valence-corrected chi connectivity index (χ4v) is 3.20. The lowest BCUT2D eigenvalue weighted by molar-refractivity contribution is 0.209. The molecule has 1 aromatic rings. The van der Waals surface area contributed by atoms with Crippen molar-refractivity contribution < 1.29 is 9.90 Å². The zero-order valence-corrected chi connectivity index (χ0v) is 12.8. The van der Waals surface area contributed by atoms with Gasteiger partial charge in [-0.3, -0.25) is 5.32 Å². The van der Waals surface area contributed by atoms with Gasteiger partial charge in [-0.2, -0.15) is 0 Å². The molecule has 4 nitrogen and oxygen atoms in total. The van der Waals surface area contributed by atoms with E-state index in [0.29, 0.717) is 18.3 Å². The molecule has 0 saturated heterocycles. The summed E-state index contributed by atoms with van der Waals surface area (Å²) in [6.07, 6.45) is 7.08. The molecule has 1 unspecified atom stereocenters. The lowest BCUT2D eigenvalue weighted by Crippen LogP contribution is -2.29. The van der Waals surface area contributed by atoms with Crippen LogP contribution in [0.5, 0.6) is 0 Å². The molecule has 0 bridgehead atoms. The van der Waals surface area contributed by atoms with E-state index in [1.165, 1.54) is 38.5 Å². The van der Waals surface area contributed by atoms with E-state index in [9.17, 15) is 4.79 Å². The van der Waals surface area contributed by atoms with Gasteiger partial charge in [0.15, 0.2) is 0 Å². The zero-order valence-electron chi connectivity index (χ0n) is 12.8. The van der Waals surface area contributed by atoms with Crippen LogP contribution in [0.3, 0.4) is 0 Å². The van der Waals surface area contributed by atoms with Crippen LogP contribution in [-0.2, 0) is 6.54 Å². The number of anilines is 1. The average molecular weight is 290 g/mol. The number of nitrogens with one attached hydrogen (secondary N) is 2. The third-order valence-corrected chi connectivity index (χ3v) is 4.31. The Hall–Kier alpha value is -1.55. The van der Waals surface area contributed by atoms with E-state index in [4.69, 9.17) is 5.11 Å². The number of para-hydroxylation sites is 1. The van der Waals surface area contributed by atoms with Gasteiger partial charge in [-0.25, -0.2) is 4.79 Å². The van der Waals surface area contributed by atoms with E-state index >= 15 is 0 Å². The lowest BCUT2D eigenvalue weighted by atomic mass is 9.85. The van der Waals surface area contributed by atoms with Gasteiger partial charge in [0.2, 0.25) is 0 Å². The third kappa shape index (κ3) is 5.38. The summed E-state index contributed by atoms with van der Waals surface area (Å²) < 4.78 is 0. The lowest BCUT2D eigenvalue weighted by Gasteiger charge is -2.25. The Morgan fingerprint density at radius 2 is 2.00 bits per heavy atom. The fourth-order valence-electron chi connectivity index (χ4n) is 3.20. The molecule has 2 rings (SSSR count). The van der Waals surface area contributed by atoms with Gasteiger partial charge in [0.25, 0.3) is 0 Å². The molecule has 116 valence electrons. The zero-order chi connectivity index (χ0) is 15.1. The summed E-state index contributed by atoms with van der Waals surface area (Å²) in [7, 11) is 0. The van der Waals surface area contributed by atoms with Gasteiger partial charge in [0.05, 0.1) is 0 Å². The monoisotopic (exact) mass is 290 g/mol. The molecule has 0 spiro atoms. The topological polar surface area (TPSA) is 61.4 Å². The van der Waals surface area contributed by atoms with Crippen molar-refractivity contribution >= 4 is 11.8 Å². The van der Waals surface area contributed by atoms with Crippen molar-refractivity contribution in [1.29, 1.82) is 0 Å². The molecule has 0 aliphatic heterocycles. The Morgan fingerprint density at radius 1 is 1.29 bits per heavy atom. The molecule has 1 amide bonds. The second kappa shape index (κ2) is 8.03. The Kier molecular flexibility index (Phi) is 6.05. The van der Waals surface area contributed by atoms with Crippen molar-refractivity contribution in [3.05, 3.63) is 29.8 Å². The summed E-state index contributed by atoms with van der Waals surface area (Å²) in [6.45, 7) is 2.92. The number of amides is 1. The molecular formula is C17H26N2O2. The molecular weight excluding hydrogens is 264 g/mol. The maximum atomic E-state index is 10.8. The predicted molar refractivity (Wildman–Crippen MR) is 85.6 cm³/mol. The number of hydrogen-bond donors (Lipinski definition) is 3. The molecule has 4 heteroatoms. The Balaban J connectivity index is 1.82. The van der Waals surface area contributed by atoms with E-state index in [2.05, 4.69) is 17.6 Å². The van der Waals surface area contributed by atoms with E-state index < -0.39 is 6.09 Å². The van der Waals surface area contributed by atoms with Crippen molar-refractivity contribution in [1.82, 2.24) is 5.32 Å². The van der Waals surface area contributed by atoms with Gasteiger partial charge in [0, 0.05) is 18.3 Å². The number of carboxylic acid groups (broad SMARTS) is 1. The molecule has 0 heterocycles. The quantitative estimate of drug-likeness (QED) is 0.735. The first-order valence-electron chi connectivity index (χ1n) is 7.96. The van der Waals surface area contributed by atoms with Crippen molar-refractivity contribution in [2.75, 3.05) is 5.32 Å². The van der Waals surface area contributed by atoms with Gasteiger partial charge in [-0.05, 0) is 30.9 Å². The van der Waals surface area contributed by atoms with Gasteiger partial charge in [-0.15, -0.1) is 0 Å². The van der Waals surface area contributed by atoms with Gasteiger partial charge in [0.1, 0.15) is 0 Å². The molecule has 21 heavy (non-hydrogen) atoms. The maximum absolute atomic E-state index is 10.8. The van der Waals surface area contributed by atoms with E-state index in [1.807, 2.05) is 18.2 Å². The summed E-state index contributed by atoms with van der Waals surface area (Å²) in [5.74, 6) is 0.855. The van der Waals surface area contributed by atoms with E-state index in [-0.39, 0.29) is 0 Å². The number of hydrogen-bond acceptors (Lipinski definition) is 2. The SMILES string of the molecule is CC(CC1CCCCC1)NCc1ccccc1NC(=O)O. The summed E-state index contributed by atoms with van der Waals surface area (Å²) in [6, 6.07) is 8.02. The van der Waals surface area contributed by atoms with Gasteiger partial charge >= 0.3 is 6.09 Å². The van der Waals surface area contributed by atoms with Crippen molar-refractivity contribution in [3.63, 3.8) is 0 Å².